The van der Waals surface area contributed by atoms with Crippen molar-refractivity contribution in [3.8, 4) is 22.6 Å². The van der Waals surface area contributed by atoms with E-state index in [-0.39, 0.29) is 5.75 Å². The van der Waals surface area contributed by atoms with Crippen LogP contribution in [0.5, 0.6) is 11.5 Å². The Balaban J connectivity index is 0.000000161. The average Bonchev–Trinajstić information content (AvgIpc) is 2.58. The second-order valence-electron chi connectivity index (χ2n) is 4.43. The fourth-order valence-corrected chi connectivity index (χ4v) is 1.84. The number of methoxy groups -OCH3 is 1. The van der Waals surface area contributed by atoms with Gasteiger partial charge in [-0.05, 0) is 35.4 Å². The van der Waals surface area contributed by atoms with Crippen molar-refractivity contribution in [2.45, 2.75) is 0 Å². The highest BCUT2D eigenvalue weighted by molar-refractivity contribution is 5.62. The van der Waals surface area contributed by atoms with E-state index >= 15 is 0 Å². The van der Waals surface area contributed by atoms with Crippen LogP contribution in [-0.4, -0.2) is 12.2 Å². The number of ether oxygens (including phenoxy) is 1. The van der Waals surface area contributed by atoms with Crippen molar-refractivity contribution >= 4 is 0 Å². The molecule has 0 bridgehead atoms. The quantitative estimate of drug-likeness (QED) is 0.732. The van der Waals surface area contributed by atoms with E-state index in [2.05, 4.69) is 48.5 Å². The van der Waals surface area contributed by atoms with Crippen LogP contribution in [0.4, 0.5) is 0 Å². The predicted molar refractivity (Wildman–Crippen MR) is 86.5 cm³/mol. The number of aromatic hydroxyl groups is 1. The van der Waals surface area contributed by atoms with Crippen LogP contribution in [0.15, 0.2) is 84.9 Å². The Morgan fingerprint density at radius 2 is 1.05 bits per heavy atom. The van der Waals surface area contributed by atoms with E-state index in [4.69, 9.17) is 9.84 Å². The molecule has 0 aliphatic rings. The van der Waals surface area contributed by atoms with Gasteiger partial charge in [-0.25, -0.2) is 0 Å². The van der Waals surface area contributed by atoms with Gasteiger partial charge in [-0.1, -0.05) is 60.7 Å². The third kappa shape index (κ3) is 4.69. The molecule has 0 amide bonds. The van der Waals surface area contributed by atoms with Gasteiger partial charge in [-0.3, -0.25) is 0 Å². The van der Waals surface area contributed by atoms with E-state index in [0.29, 0.717) is 0 Å². The summed E-state index contributed by atoms with van der Waals surface area (Å²) in [5, 5.41) is 8.80. The van der Waals surface area contributed by atoms with Gasteiger partial charge in [0.15, 0.2) is 0 Å². The van der Waals surface area contributed by atoms with Gasteiger partial charge < -0.3 is 9.84 Å². The highest BCUT2D eigenvalue weighted by atomic mass is 16.5. The number of benzene rings is 3. The summed E-state index contributed by atoms with van der Waals surface area (Å²) in [4.78, 5) is 0. The maximum Gasteiger partial charge on any atom is 0.119 e. The molecule has 0 heterocycles. The third-order valence-corrected chi connectivity index (χ3v) is 2.95. The fraction of sp³-hybridized carbons (Fsp3) is 0.0526. The van der Waals surface area contributed by atoms with Crippen LogP contribution in [0.3, 0.4) is 0 Å². The average molecular weight is 278 g/mol. The number of phenols is 1. The van der Waals surface area contributed by atoms with Gasteiger partial charge in [0.1, 0.15) is 11.5 Å². The van der Waals surface area contributed by atoms with Crippen molar-refractivity contribution in [1.29, 1.82) is 0 Å². The number of hydrogen-bond donors (Lipinski definition) is 1. The van der Waals surface area contributed by atoms with E-state index < -0.39 is 0 Å². The zero-order valence-electron chi connectivity index (χ0n) is 11.9. The van der Waals surface area contributed by atoms with Gasteiger partial charge in [-0.2, -0.15) is 0 Å². The first-order valence-corrected chi connectivity index (χ1v) is 6.73. The summed E-state index contributed by atoms with van der Waals surface area (Å²) in [5.74, 6) is 1.02. The first-order chi connectivity index (χ1) is 10.3. The summed E-state index contributed by atoms with van der Waals surface area (Å²) in [5.41, 5.74) is 2.55. The molecule has 1 N–H and O–H groups in total. The van der Waals surface area contributed by atoms with Crippen LogP contribution in [0.25, 0.3) is 11.1 Å². The van der Waals surface area contributed by atoms with Crippen LogP contribution >= 0.6 is 0 Å². The first-order valence-electron chi connectivity index (χ1n) is 6.73. The molecular formula is C19H18O2. The lowest BCUT2D eigenvalue weighted by Gasteiger charge is -1.98. The van der Waals surface area contributed by atoms with E-state index in [9.17, 15) is 0 Å². The Labute approximate surface area is 125 Å². The number of hydrogen-bond acceptors (Lipinski definition) is 2. The van der Waals surface area contributed by atoms with Crippen molar-refractivity contribution in [3.63, 3.8) is 0 Å². The molecule has 0 spiro atoms. The molecule has 0 aromatic heterocycles. The van der Waals surface area contributed by atoms with Crippen LogP contribution in [0.2, 0.25) is 0 Å². The lowest BCUT2D eigenvalue weighted by molar-refractivity contribution is 0.412. The summed E-state index contributed by atoms with van der Waals surface area (Å²) in [6.07, 6.45) is 0. The van der Waals surface area contributed by atoms with Crippen LogP contribution in [0.1, 0.15) is 0 Å². The summed E-state index contributed by atoms with van der Waals surface area (Å²) >= 11 is 0. The summed E-state index contributed by atoms with van der Waals surface area (Å²) in [7, 11) is 1.59. The second kappa shape index (κ2) is 7.75. The zero-order valence-corrected chi connectivity index (χ0v) is 11.9. The Morgan fingerprint density at radius 3 is 1.43 bits per heavy atom. The molecule has 2 nitrogen and oxygen atoms in total. The van der Waals surface area contributed by atoms with Crippen LogP contribution in [-0.2, 0) is 0 Å². The van der Waals surface area contributed by atoms with Crippen molar-refractivity contribution in [1.82, 2.24) is 0 Å². The predicted octanol–water partition coefficient (Wildman–Crippen LogP) is 4.75. The smallest absolute Gasteiger partial charge is 0.119 e. The zero-order chi connectivity index (χ0) is 14.9. The Morgan fingerprint density at radius 1 is 0.619 bits per heavy atom. The number of rotatable bonds is 2. The number of phenolic OH excluding ortho intramolecular Hbond substituents is 1. The summed E-state index contributed by atoms with van der Waals surface area (Å²) in [6.45, 7) is 0. The fourth-order valence-electron chi connectivity index (χ4n) is 1.84. The Bertz CT molecular complexity index is 594. The molecular weight excluding hydrogens is 260 g/mol. The monoisotopic (exact) mass is 278 g/mol. The van der Waals surface area contributed by atoms with Crippen molar-refractivity contribution in [2.75, 3.05) is 7.11 Å². The van der Waals surface area contributed by atoms with E-state index in [0.717, 1.165) is 5.75 Å². The standard InChI is InChI=1S/C12H10.C7H8O2/c1-3-7-11(8-4-1)12-9-5-2-6-10-12;1-9-7-4-2-6(8)3-5-7/h1-10H;2-5,8H,1H3. The molecule has 3 aromatic rings. The van der Waals surface area contributed by atoms with Crippen LogP contribution in [0, 0.1) is 0 Å². The largest absolute Gasteiger partial charge is 0.508 e. The maximum absolute atomic E-state index is 8.80. The normalized spacial score (nSPS) is 9.38. The molecule has 0 radical (unpaired) electrons. The van der Waals surface area contributed by atoms with Crippen molar-refractivity contribution in [3.05, 3.63) is 84.9 Å². The molecule has 2 heteroatoms. The summed E-state index contributed by atoms with van der Waals surface area (Å²) < 4.78 is 4.86. The van der Waals surface area contributed by atoms with Crippen LogP contribution < -0.4 is 4.74 Å². The Kier molecular flexibility index (Phi) is 5.41. The molecule has 3 rings (SSSR count). The van der Waals surface area contributed by atoms with Gasteiger partial charge in [0.25, 0.3) is 0 Å². The van der Waals surface area contributed by atoms with E-state index in [1.54, 1.807) is 31.4 Å². The molecule has 106 valence electrons. The maximum atomic E-state index is 8.80. The molecule has 0 saturated heterocycles. The van der Waals surface area contributed by atoms with Gasteiger partial charge in [0.2, 0.25) is 0 Å². The van der Waals surface area contributed by atoms with Gasteiger partial charge in [0, 0.05) is 0 Å². The minimum absolute atomic E-state index is 0.260. The lowest BCUT2D eigenvalue weighted by Crippen LogP contribution is -1.79. The summed E-state index contributed by atoms with van der Waals surface area (Å²) in [6, 6.07) is 27.4. The third-order valence-electron chi connectivity index (χ3n) is 2.95. The molecule has 21 heavy (non-hydrogen) atoms. The van der Waals surface area contributed by atoms with Gasteiger partial charge >= 0.3 is 0 Å². The van der Waals surface area contributed by atoms with E-state index in [1.165, 1.54) is 11.1 Å². The van der Waals surface area contributed by atoms with Crippen molar-refractivity contribution < 1.29 is 9.84 Å². The molecule has 0 saturated carbocycles. The van der Waals surface area contributed by atoms with E-state index in [1.807, 2.05) is 12.1 Å². The molecule has 0 atom stereocenters. The van der Waals surface area contributed by atoms with Gasteiger partial charge in [-0.15, -0.1) is 0 Å². The Hall–Kier alpha value is -2.74. The molecule has 0 unspecified atom stereocenters. The first kappa shape index (κ1) is 14.7. The molecule has 0 aliphatic heterocycles. The van der Waals surface area contributed by atoms with Crippen molar-refractivity contribution in [2.24, 2.45) is 0 Å². The highest BCUT2D eigenvalue weighted by Crippen LogP contribution is 2.17. The highest BCUT2D eigenvalue weighted by Gasteiger charge is 1.91. The van der Waals surface area contributed by atoms with Gasteiger partial charge in [0.05, 0.1) is 7.11 Å². The topological polar surface area (TPSA) is 29.5 Å². The second-order valence-corrected chi connectivity index (χ2v) is 4.43. The lowest BCUT2D eigenvalue weighted by atomic mass is 10.1. The SMILES string of the molecule is COc1ccc(O)cc1.c1ccc(-c2ccccc2)cc1. The molecule has 0 aliphatic carbocycles. The molecule has 3 aromatic carbocycles. The molecule has 0 fully saturated rings. The minimum atomic E-state index is 0.260. The minimum Gasteiger partial charge on any atom is -0.508 e.